The molecule has 146 valence electrons. The Labute approximate surface area is 167 Å². The minimum Gasteiger partial charge on any atom is -0.462 e. The van der Waals surface area contributed by atoms with E-state index in [-0.39, 0.29) is 12.5 Å². The number of esters is 1. The average Bonchev–Trinajstić information content (AvgIpc) is 2.77. The molecule has 5 heteroatoms. The molecule has 0 aromatic rings. The number of carbonyl (C=O) groups is 2. The Morgan fingerprint density at radius 3 is 2.33 bits per heavy atom. The van der Waals surface area contributed by atoms with Crippen molar-refractivity contribution in [3.8, 4) is 11.1 Å². The summed E-state index contributed by atoms with van der Waals surface area (Å²) in [5, 5.41) is 2.90. The molecule has 0 radical (unpaired) electrons. The van der Waals surface area contributed by atoms with Crippen molar-refractivity contribution in [1.29, 1.82) is 0 Å². The highest BCUT2D eigenvalue weighted by Gasteiger charge is 2.28. The third-order valence-electron chi connectivity index (χ3n) is 4.61. The van der Waals surface area contributed by atoms with Gasteiger partial charge in [-0.05, 0) is 42.0 Å². The third-order valence-corrected chi connectivity index (χ3v) is 4.97. The van der Waals surface area contributed by atoms with Gasteiger partial charge >= 0.3 is 5.97 Å². The summed E-state index contributed by atoms with van der Waals surface area (Å²) >= 11 is 4.35. The summed E-state index contributed by atoms with van der Waals surface area (Å²) in [7, 11) is 0. The first-order valence-corrected chi connectivity index (χ1v) is 10.3. The van der Waals surface area contributed by atoms with Gasteiger partial charge in [-0.25, -0.2) is 4.79 Å². The fourth-order valence-corrected chi connectivity index (χ4v) is 3.55. The second-order valence-electron chi connectivity index (χ2n) is 6.67. The number of ether oxygens (including phenoxy) is 1. The summed E-state index contributed by atoms with van der Waals surface area (Å²) in [6.07, 6.45) is 5.29. The molecule has 0 saturated carbocycles. The van der Waals surface area contributed by atoms with Gasteiger partial charge in [-0.15, -0.1) is 0 Å². The lowest BCUT2D eigenvalue weighted by atomic mass is 10.0. The van der Waals surface area contributed by atoms with Crippen LogP contribution < -0.4 is 5.32 Å². The molecule has 2 rings (SSSR count). The molecule has 0 unspecified atom stereocenters. The highest BCUT2D eigenvalue weighted by atomic mass is 32.1. The Morgan fingerprint density at radius 1 is 1.04 bits per heavy atom. The van der Waals surface area contributed by atoms with E-state index in [9.17, 15) is 9.59 Å². The minimum atomic E-state index is -0.398. The van der Waals surface area contributed by atoms with Gasteiger partial charge in [0, 0.05) is 12.7 Å². The number of hydrogen-bond acceptors (Lipinski definition) is 4. The van der Waals surface area contributed by atoms with Crippen LogP contribution in [0.25, 0.3) is 11.1 Å². The van der Waals surface area contributed by atoms with Gasteiger partial charge in [0.2, 0.25) is 5.91 Å². The van der Waals surface area contributed by atoms with Gasteiger partial charge in [0.05, 0.1) is 17.9 Å². The fraction of sp³-hybridized carbons (Fsp3) is 0.455. The molecule has 0 spiro atoms. The largest absolute Gasteiger partial charge is 0.462 e. The first kappa shape index (κ1) is 21.3. The second kappa shape index (κ2) is 10.4. The molecule has 2 aliphatic rings. The Balaban J connectivity index is 2.62. The minimum absolute atomic E-state index is 0.189. The standard InChI is InChI=1S/C22H29NO3S/c1-4-6-7-8-9-19-17-12-10-16(14-27)11-13-18(17)20(22(25)26-5-2)21(19)23-15(3)24/h10-13,27H,4-9,14H2,1-3H3,(H,23,24). The number of fused-ring (bicyclic) bond motifs is 1. The predicted molar refractivity (Wildman–Crippen MR) is 114 cm³/mol. The normalized spacial score (nSPS) is 10.8. The van der Waals surface area contributed by atoms with Crippen molar-refractivity contribution < 1.29 is 14.3 Å². The molecule has 27 heavy (non-hydrogen) atoms. The van der Waals surface area contributed by atoms with Crippen molar-refractivity contribution in [2.75, 3.05) is 11.9 Å². The van der Waals surface area contributed by atoms with Crippen LogP contribution in [0.15, 0.2) is 24.3 Å². The van der Waals surface area contributed by atoms with E-state index in [1.54, 1.807) is 6.92 Å². The number of nitrogens with one attached hydrogen (secondary N) is 1. The second-order valence-corrected chi connectivity index (χ2v) is 6.98. The molecule has 0 aromatic carbocycles. The topological polar surface area (TPSA) is 55.4 Å². The van der Waals surface area contributed by atoms with Crippen LogP contribution in [-0.2, 0) is 21.7 Å². The van der Waals surface area contributed by atoms with E-state index in [0.29, 0.717) is 17.0 Å². The summed E-state index contributed by atoms with van der Waals surface area (Å²) in [5.74, 6) is 0.0342. The molecule has 1 N–H and O–H groups in total. The first-order chi connectivity index (χ1) is 13.0. The number of amides is 1. The lowest BCUT2D eigenvalue weighted by Crippen LogP contribution is -2.12. The van der Waals surface area contributed by atoms with Gasteiger partial charge in [-0.2, -0.15) is 12.6 Å². The van der Waals surface area contributed by atoms with Crippen molar-refractivity contribution in [3.63, 3.8) is 0 Å². The molecule has 0 heterocycles. The summed E-state index contributed by atoms with van der Waals surface area (Å²) < 4.78 is 5.30. The van der Waals surface area contributed by atoms with E-state index in [1.807, 2.05) is 24.3 Å². The summed E-state index contributed by atoms with van der Waals surface area (Å²) in [4.78, 5) is 24.6. The van der Waals surface area contributed by atoms with Crippen LogP contribution in [0.5, 0.6) is 0 Å². The molecule has 4 nitrogen and oxygen atoms in total. The van der Waals surface area contributed by atoms with Gasteiger partial charge in [0.15, 0.2) is 0 Å². The maximum absolute atomic E-state index is 12.7. The quantitative estimate of drug-likeness (QED) is 0.340. The van der Waals surface area contributed by atoms with Crippen LogP contribution in [0.2, 0.25) is 0 Å². The van der Waals surface area contributed by atoms with Gasteiger partial charge in [-0.3, -0.25) is 4.79 Å². The fourth-order valence-electron chi connectivity index (χ4n) is 3.34. The Kier molecular flexibility index (Phi) is 8.17. The van der Waals surface area contributed by atoms with Gasteiger partial charge in [-0.1, -0.05) is 50.5 Å². The zero-order valence-corrected chi connectivity index (χ0v) is 17.3. The van der Waals surface area contributed by atoms with E-state index in [0.717, 1.165) is 47.9 Å². The molecule has 1 amide bonds. The Bertz CT molecular complexity index is 773. The van der Waals surface area contributed by atoms with Gasteiger partial charge in [0.1, 0.15) is 0 Å². The lowest BCUT2D eigenvalue weighted by Gasteiger charge is -2.09. The van der Waals surface area contributed by atoms with Crippen molar-refractivity contribution in [2.24, 2.45) is 0 Å². The molecular weight excluding hydrogens is 358 g/mol. The van der Waals surface area contributed by atoms with Crippen LogP contribution in [-0.4, -0.2) is 18.5 Å². The molecule has 0 atom stereocenters. The van der Waals surface area contributed by atoms with E-state index >= 15 is 0 Å². The highest BCUT2D eigenvalue weighted by Crippen LogP contribution is 2.42. The number of unbranched alkanes of at least 4 members (excludes halogenated alkanes) is 3. The molecule has 0 fully saturated rings. The summed E-state index contributed by atoms with van der Waals surface area (Å²) in [6.45, 7) is 5.72. The monoisotopic (exact) mass is 387 g/mol. The van der Waals surface area contributed by atoms with Gasteiger partial charge < -0.3 is 10.1 Å². The van der Waals surface area contributed by atoms with E-state index in [2.05, 4.69) is 24.9 Å². The van der Waals surface area contributed by atoms with E-state index in [1.165, 1.54) is 13.3 Å². The van der Waals surface area contributed by atoms with Crippen molar-refractivity contribution in [2.45, 2.75) is 58.6 Å². The number of rotatable bonds is 9. The molecule has 0 saturated heterocycles. The summed E-state index contributed by atoms with van der Waals surface area (Å²) in [6, 6.07) is 7.96. The molecule has 0 aromatic heterocycles. The molecule has 0 aliphatic heterocycles. The lowest BCUT2D eigenvalue weighted by molar-refractivity contribution is -0.114. The number of thiol groups is 1. The zero-order valence-electron chi connectivity index (χ0n) is 16.4. The van der Waals surface area contributed by atoms with Crippen molar-refractivity contribution >= 4 is 30.2 Å². The Morgan fingerprint density at radius 2 is 1.74 bits per heavy atom. The summed E-state index contributed by atoms with van der Waals surface area (Å²) in [5.41, 5.74) is 4.95. The molecular formula is C22H29NO3S. The smallest absolute Gasteiger partial charge is 0.340 e. The predicted octanol–water partition coefficient (Wildman–Crippen LogP) is 5.48. The molecule has 2 aliphatic carbocycles. The average molecular weight is 388 g/mol. The number of anilines is 1. The number of carbonyl (C=O) groups excluding carboxylic acids is 2. The first-order valence-electron chi connectivity index (χ1n) is 9.66. The maximum atomic E-state index is 12.7. The van der Waals surface area contributed by atoms with E-state index < -0.39 is 5.97 Å². The van der Waals surface area contributed by atoms with Crippen LogP contribution in [0.4, 0.5) is 5.69 Å². The highest BCUT2D eigenvalue weighted by molar-refractivity contribution is 7.79. The van der Waals surface area contributed by atoms with Crippen LogP contribution >= 0.6 is 12.6 Å². The maximum Gasteiger partial charge on any atom is 0.340 e. The zero-order chi connectivity index (χ0) is 19.8. The van der Waals surface area contributed by atoms with Crippen molar-refractivity contribution in [3.05, 3.63) is 41.0 Å². The Hall–Kier alpha value is -2.01. The SMILES string of the molecule is CCCCCCc1c2ccc(CS)ccc-2c(C(=O)OCC)c1NC(C)=O. The van der Waals surface area contributed by atoms with Gasteiger partial charge in [0.25, 0.3) is 0 Å². The van der Waals surface area contributed by atoms with E-state index in [4.69, 9.17) is 4.74 Å². The van der Waals surface area contributed by atoms with Crippen LogP contribution in [0, 0.1) is 0 Å². The van der Waals surface area contributed by atoms with Crippen molar-refractivity contribution in [1.82, 2.24) is 0 Å². The van der Waals surface area contributed by atoms with Crippen LogP contribution in [0.3, 0.4) is 0 Å². The third kappa shape index (κ3) is 5.25. The molecule has 0 bridgehead atoms. The van der Waals surface area contributed by atoms with Crippen LogP contribution in [0.1, 0.15) is 67.9 Å². The number of hydrogen-bond donors (Lipinski definition) is 2.